The number of morpholine rings is 1. The number of halogens is 1. The molecular formula is C27H33ClN8O3. The molecule has 12 heteroatoms. The molecule has 0 bridgehead atoms. The summed E-state index contributed by atoms with van der Waals surface area (Å²) in [7, 11) is 0. The fraction of sp³-hybridized carbons (Fsp3) is 0.481. The second-order valence-corrected chi connectivity index (χ2v) is 10.3. The number of aromatic nitrogens is 4. The van der Waals surface area contributed by atoms with E-state index >= 15 is 0 Å². The lowest BCUT2D eigenvalue weighted by atomic mass is 9.86. The van der Waals surface area contributed by atoms with Crippen molar-refractivity contribution in [2.45, 2.75) is 44.6 Å². The lowest BCUT2D eigenvalue weighted by Gasteiger charge is -2.29. The van der Waals surface area contributed by atoms with Crippen molar-refractivity contribution in [3.05, 3.63) is 41.9 Å². The van der Waals surface area contributed by atoms with Gasteiger partial charge in [0.2, 0.25) is 17.8 Å². The first kappa shape index (κ1) is 27.0. The number of anilines is 3. The molecule has 5 rings (SSSR count). The summed E-state index contributed by atoms with van der Waals surface area (Å²) in [6.45, 7) is 3.05. The van der Waals surface area contributed by atoms with Crippen LogP contribution < -0.4 is 16.0 Å². The van der Waals surface area contributed by atoms with Crippen LogP contribution in [0.25, 0.3) is 10.9 Å². The largest absolute Gasteiger partial charge is 0.378 e. The van der Waals surface area contributed by atoms with Gasteiger partial charge in [0.15, 0.2) is 5.15 Å². The van der Waals surface area contributed by atoms with Gasteiger partial charge in [0.1, 0.15) is 11.3 Å². The SMILES string of the molecule is O=C(CCC(=O)N1CCOCC1)Nc1cnc(NCC2CCC(Nc3ccc4ccnc(Cl)c4n3)CC2)nc1. The van der Waals surface area contributed by atoms with Crippen molar-refractivity contribution < 1.29 is 14.3 Å². The average Bonchev–Trinajstić information content (AvgIpc) is 2.97. The molecule has 39 heavy (non-hydrogen) atoms. The summed E-state index contributed by atoms with van der Waals surface area (Å²) >= 11 is 6.20. The fourth-order valence-corrected chi connectivity index (χ4v) is 5.16. The highest BCUT2D eigenvalue weighted by molar-refractivity contribution is 6.33. The van der Waals surface area contributed by atoms with E-state index in [-0.39, 0.29) is 24.7 Å². The molecule has 1 saturated carbocycles. The van der Waals surface area contributed by atoms with E-state index in [4.69, 9.17) is 16.3 Å². The number of nitrogens with zero attached hydrogens (tertiary/aromatic N) is 5. The van der Waals surface area contributed by atoms with Gasteiger partial charge in [0.25, 0.3) is 0 Å². The zero-order chi connectivity index (χ0) is 27.0. The first-order valence-electron chi connectivity index (χ1n) is 13.4. The van der Waals surface area contributed by atoms with Crippen molar-refractivity contribution in [1.82, 2.24) is 24.8 Å². The highest BCUT2D eigenvalue weighted by atomic mass is 35.5. The molecule has 3 N–H and O–H groups in total. The second-order valence-electron chi connectivity index (χ2n) is 9.95. The Balaban J connectivity index is 1.00. The van der Waals surface area contributed by atoms with E-state index in [2.05, 4.69) is 35.9 Å². The summed E-state index contributed by atoms with van der Waals surface area (Å²) in [5.74, 6) is 1.62. The molecule has 3 aromatic rings. The van der Waals surface area contributed by atoms with E-state index in [1.54, 1.807) is 23.5 Å². The number of rotatable bonds is 9. The highest BCUT2D eigenvalue weighted by Gasteiger charge is 2.22. The number of fused-ring (bicyclic) bond motifs is 1. The minimum absolute atomic E-state index is 0.0260. The first-order valence-corrected chi connectivity index (χ1v) is 13.8. The van der Waals surface area contributed by atoms with E-state index in [0.717, 1.165) is 43.4 Å². The van der Waals surface area contributed by atoms with Gasteiger partial charge in [-0.05, 0) is 49.8 Å². The third-order valence-corrected chi connectivity index (χ3v) is 7.45. The van der Waals surface area contributed by atoms with Gasteiger partial charge in [0.05, 0.1) is 31.3 Å². The quantitative estimate of drug-likeness (QED) is 0.339. The number of ether oxygens (including phenoxy) is 1. The Morgan fingerprint density at radius 3 is 2.54 bits per heavy atom. The second kappa shape index (κ2) is 13.0. The van der Waals surface area contributed by atoms with Crippen molar-refractivity contribution >= 4 is 51.8 Å². The van der Waals surface area contributed by atoms with E-state index in [1.165, 1.54) is 0 Å². The number of carbonyl (C=O) groups excluding carboxylic acids is 2. The van der Waals surface area contributed by atoms with Crippen LogP contribution in [0.2, 0.25) is 5.15 Å². The predicted octanol–water partition coefficient (Wildman–Crippen LogP) is 3.73. The fourth-order valence-electron chi connectivity index (χ4n) is 4.95. The molecule has 206 valence electrons. The minimum Gasteiger partial charge on any atom is -0.378 e. The number of pyridine rings is 2. The zero-order valence-corrected chi connectivity index (χ0v) is 22.5. The van der Waals surface area contributed by atoms with Crippen molar-refractivity contribution in [1.29, 1.82) is 0 Å². The molecular weight excluding hydrogens is 520 g/mol. The van der Waals surface area contributed by atoms with Gasteiger partial charge in [-0.25, -0.2) is 19.9 Å². The first-order chi connectivity index (χ1) is 19.0. The number of carbonyl (C=O) groups is 2. The molecule has 1 aliphatic carbocycles. The van der Waals surface area contributed by atoms with Crippen molar-refractivity contribution in [3.8, 4) is 0 Å². The molecule has 1 aliphatic heterocycles. The molecule has 4 heterocycles. The predicted molar refractivity (Wildman–Crippen MR) is 150 cm³/mol. The monoisotopic (exact) mass is 552 g/mol. The summed E-state index contributed by atoms with van der Waals surface area (Å²) < 4.78 is 5.25. The Hall–Kier alpha value is -3.57. The van der Waals surface area contributed by atoms with Crippen LogP contribution in [-0.4, -0.2) is 75.5 Å². The number of amides is 2. The van der Waals surface area contributed by atoms with E-state index < -0.39 is 0 Å². The maximum atomic E-state index is 12.2. The lowest BCUT2D eigenvalue weighted by Crippen LogP contribution is -2.40. The van der Waals surface area contributed by atoms with Gasteiger partial charge in [0, 0.05) is 50.1 Å². The molecule has 2 aliphatic rings. The van der Waals surface area contributed by atoms with Crippen molar-refractivity contribution in [3.63, 3.8) is 0 Å². The van der Waals surface area contributed by atoms with Gasteiger partial charge in [-0.15, -0.1) is 0 Å². The third-order valence-electron chi connectivity index (χ3n) is 7.18. The Morgan fingerprint density at radius 2 is 1.77 bits per heavy atom. The summed E-state index contributed by atoms with van der Waals surface area (Å²) in [5.41, 5.74) is 1.22. The van der Waals surface area contributed by atoms with Gasteiger partial charge >= 0.3 is 0 Å². The molecule has 11 nitrogen and oxygen atoms in total. The molecule has 0 radical (unpaired) electrons. The molecule has 1 saturated heterocycles. The van der Waals surface area contributed by atoms with Crippen LogP contribution in [0, 0.1) is 5.92 Å². The smallest absolute Gasteiger partial charge is 0.224 e. The molecule has 0 spiro atoms. The Labute approximate surface area is 232 Å². The van der Waals surface area contributed by atoms with Crippen LogP contribution in [-0.2, 0) is 14.3 Å². The van der Waals surface area contributed by atoms with Crippen molar-refractivity contribution in [2.75, 3.05) is 48.8 Å². The molecule has 0 atom stereocenters. The molecule has 2 fully saturated rings. The van der Waals surface area contributed by atoms with Crippen LogP contribution in [0.15, 0.2) is 36.8 Å². The van der Waals surface area contributed by atoms with E-state index in [9.17, 15) is 9.59 Å². The zero-order valence-electron chi connectivity index (χ0n) is 21.7. The van der Waals surface area contributed by atoms with Gasteiger partial charge < -0.3 is 25.6 Å². The van der Waals surface area contributed by atoms with Crippen LogP contribution in [0.3, 0.4) is 0 Å². The molecule has 3 aromatic heterocycles. The summed E-state index contributed by atoms with van der Waals surface area (Å²) in [6, 6.07) is 6.27. The summed E-state index contributed by atoms with van der Waals surface area (Å²) in [6.07, 6.45) is 9.40. The summed E-state index contributed by atoms with van der Waals surface area (Å²) in [4.78, 5) is 43.6. The Morgan fingerprint density at radius 1 is 1.00 bits per heavy atom. The summed E-state index contributed by atoms with van der Waals surface area (Å²) in [5, 5.41) is 11.0. The van der Waals surface area contributed by atoms with Crippen LogP contribution in [0.4, 0.5) is 17.5 Å². The molecule has 2 amide bonds. The van der Waals surface area contributed by atoms with Gasteiger partial charge in [-0.3, -0.25) is 9.59 Å². The number of hydrogen-bond acceptors (Lipinski definition) is 9. The van der Waals surface area contributed by atoms with Gasteiger partial charge in [-0.2, -0.15) is 0 Å². The van der Waals surface area contributed by atoms with Gasteiger partial charge in [-0.1, -0.05) is 11.6 Å². The number of hydrogen-bond donors (Lipinski definition) is 3. The third kappa shape index (κ3) is 7.51. The molecule has 0 aromatic carbocycles. The normalized spacial score (nSPS) is 19.5. The number of nitrogens with one attached hydrogen (secondary N) is 3. The Kier molecular flexibility index (Phi) is 9.00. The van der Waals surface area contributed by atoms with Crippen LogP contribution >= 0.6 is 11.6 Å². The average molecular weight is 553 g/mol. The topological polar surface area (TPSA) is 134 Å². The van der Waals surface area contributed by atoms with Crippen LogP contribution in [0.5, 0.6) is 0 Å². The molecule has 0 unspecified atom stereocenters. The highest BCUT2D eigenvalue weighted by Crippen LogP contribution is 2.28. The maximum absolute atomic E-state index is 12.2. The maximum Gasteiger partial charge on any atom is 0.224 e. The van der Waals surface area contributed by atoms with Crippen LogP contribution in [0.1, 0.15) is 38.5 Å². The van der Waals surface area contributed by atoms with E-state index in [0.29, 0.717) is 60.6 Å². The lowest BCUT2D eigenvalue weighted by molar-refractivity contribution is -0.136. The Bertz CT molecular complexity index is 1280. The standard InChI is InChI=1S/C27H33ClN8O3/c28-26-25-19(9-10-29-26)3-6-22(35-25)33-20-4-1-18(2-5-20)15-30-27-31-16-21(17-32-27)34-23(37)7-8-24(38)36-11-13-39-14-12-36/h3,6,9-10,16-18,20H,1-2,4-5,7-8,11-15H2,(H,33,35)(H,34,37)(H,30,31,32). The minimum atomic E-state index is -0.232. The van der Waals surface area contributed by atoms with E-state index in [1.807, 2.05) is 18.2 Å². The van der Waals surface area contributed by atoms with Crippen molar-refractivity contribution in [2.24, 2.45) is 5.92 Å².